The third kappa shape index (κ3) is 4.07. The molecule has 3 aromatic heterocycles. The van der Waals surface area contributed by atoms with E-state index in [0.29, 0.717) is 0 Å². The molecule has 0 spiro atoms. The monoisotopic (exact) mass is 548 g/mol. The first-order valence-corrected chi connectivity index (χ1v) is 11.8. The Morgan fingerprint density at radius 3 is 2.00 bits per heavy atom. The molecule has 0 amide bonds. The predicted octanol–water partition coefficient (Wildman–Crippen LogP) is 10.2. The van der Waals surface area contributed by atoms with Gasteiger partial charge in [0.05, 0.1) is 49.6 Å². The third-order valence-electron chi connectivity index (χ3n) is 6.01. The average molecular weight is 549 g/mol. The first-order valence-electron chi connectivity index (χ1n) is 23.8. The number of benzene rings is 5. The molecule has 0 N–H and O–H groups in total. The maximum Gasteiger partial charge on any atom is 0.134 e. The summed E-state index contributed by atoms with van der Waals surface area (Å²) in [7, 11) is 0. The van der Waals surface area contributed by atoms with Gasteiger partial charge in [-0.15, -0.1) is 0 Å². The molecule has 0 bridgehead atoms. The van der Waals surface area contributed by atoms with Crippen LogP contribution in [-0.2, 0) is 0 Å². The number of aromatic nitrogens is 2. The zero-order chi connectivity index (χ0) is 48.1. The lowest BCUT2D eigenvalue weighted by Gasteiger charge is -2.13. The van der Waals surface area contributed by atoms with Gasteiger partial charge in [0.2, 0.25) is 0 Å². The number of hydrogen-bond donors (Lipinski definition) is 0. The lowest BCUT2D eigenvalue weighted by Crippen LogP contribution is -1.91. The van der Waals surface area contributed by atoms with Gasteiger partial charge < -0.3 is 4.42 Å². The fourth-order valence-corrected chi connectivity index (χ4v) is 4.18. The minimum atomic E-state index is -1.01. The lowest BCUT2D eigenvalue weighted by atomic mass is 9.92. The smallest absolute Gasteiger partial charge is 0.134 e. The molecule has 41 heavy (non-hydrogen) atoms. The molecule has 0 unspecified atom stereocenters. The molecule has 0 aliphatic rings. The quantitative estimate of drug-likeness (QED) is 0.205. The Kier molecular flexibility index (Phi) is 2.23. The van der Waals surface area contributed by atoms with Gasteiger partial charge in [-0.3, -0.25) is 4.98 Å². The molecule has 192 valence electrons. The Hall–Kier alpha value is -5.54. The van der Waals surface area contributed by atoms with Crippen LogP contribution < -0.4 is 0 Å². The maximum absolute atomic E-state index is 9.38. The van der Waals surface area contributed by atoms with E-state index in [4.69, 9.17) is 33.2 Å². The molecular weight excluding hydrogens is 500 g/mol. The van der Waals surface area contributed by atoms with Gasteiger partial charge in [-0.2, -0.15) is 0 Å². The van der Waals surface area contributed by atoms with E-state index in [9.17, 15) is 4.11 Å². The molecule has 0 saturated heterocycles. The molecule has 0 saturated carbocycles. The van der Waals surface area contributed by atoms with Gasteiger partial charge in [0.25, 0.3) is 0 Å². The van der Waals surface area contributed by atoms with Gasteiger partial charge in [-0.25, -0.2) is 4.98 Å². The fraction of sp³-hybridized carbons (Fsp3) is 0. The Labute approximate surface area is 271 Å². The van der Waals surface area contributed by atoms with E-state index in [0.717, 1.165) is 0 Å². The number of fused-ring (bicyclic) bond motifs is 4. The number of rotatable bonds is 4. The molecule has 3 heteroatoms. The third-order valence-corrected chi connectivity index (χ3v) is 6.01. The van der Waals surface area contributed by atoms with Crippen LogP contribution >= 0.6 is 0 Å². The van der Waals surface area contributed by atoms with Crippen LogP contribution in [0, 0.1) is 0 Å². The number of furan rings is 1. The normalized spacial score (nSPS) is 19.6. The zero-order valence-corrected chi connectivity index (χ0v) is 20.3. The van der Waals surface area contributed by atoms with Gasteiger partial charge in [0, 0.05) is 33.6 Å². The molecule has 0 fully saturated rings. The van der Waals surface area contributed by atoms with Gasteiger partial charge in [0.1, 0.15) is 11.5 Å². The van der Waals surface area contributed by atoms with Crippen LogP contribution in [-0.4, -0.2) is 9.97 Å². The highest BCUT2D eigenvalue weighted by Crippen LogP contribution is 2.38. The van der Waals surface area contributed by atoms with Crippen LogP contribution in [0.25, 0.3) is 77.6 Å². The second-order valence-electron chi connectivity index (χ2n) is 8.39. The lowest BCUT2D eigenvalue weighted by molar-refractivity contribution is 0.597. The predicted molar refractivity (Wildman–Crippen MR) is 169 cm³/mol. The molecule has 0 atom stereocenters. The van der Waals surface area contributed by atoms with Gasteiger partial charge >= 0.3 is 0 Å². The van der Waals surface area contributed by atoms with Gasteiger partial charge in [0.15, 0.2) is 0 Å². The fourth-order valence-electron chi connectivity index (χ4n) is 4.18. The standard InChI is InChI=1S/C38H24N2O/c1-2-8-25(9-3-1)35-21-22-36(41-35)29-11-6-10-28(24-29)30-18-19-33(32-14-5-4-13-31(30)32)34-20-17-27-16-15-26-12-7-23-39-37(26)38(27)40-34/h1-24H/i1D,2D,3D,4D,5D,6D,7D,8D,9D,10D,11D,12D,13D,14D,15D,16D,17D,18D,19D,20D,21D,22D,23D,24D. The minimum Gasteiger partial charge on any atom is -0.456 e. The van der Waals surface area contributed by atoms with E-state index in [2.05, 4.69) is 9.97 Å². The Morgan fingerprint density at radius 2 is 1.15 bits per heavy atom. The van der Waals surface area contributed by atoms with Crippen molar-refractivity contribution in [3.05, 3.63) is 145 Å². The average Bonchev–Trinajstić information content (AvgIpc) is 3.55. The Balaban J connectivity index is 1.52. The maximum atomic E-state index is 9.38. The van der Waals surface area contributed by atoms with Crippen LogP contribution in [0.5, 0.6) is 0 Å². The SMILES string of the molecule is [2H]c1nc2c(c([2H])c1[2H])c([2H])c([2H])c1c([2H])c([2H])c(-c3c([2H])c([2H])c(-c4c([2H])c([2H])c([2H])c(-c5oc(-c6c([2H])c([2H])c([2H])c([2H])c6[2H])c([2H])c5[2H])c4[2H])c4c([2H])c([2H])c([2H])c([2H])c34)nc12. The molecule has 3 nitrogen and oxygen atoms in total. The molecule has 8 aromatic rings. The summed E-state index contributed by atoms with van der Waals surface area (Å²) in [6, 6.07) is -19.8. The summed E-state index contributed by atoms with van der Waals surface area (Å²) >= 11 is 0. The number of nitrogens with zero attached hydrogens (tertiary/aromatic N) is 2. The molecule has 0 aliphatic carbocycles. The second kappa shape index (κ2) is 9.58. The van der Waals surface area contributed by atoms with Crippen molar-refractivity contribution in [3.63, 3.8) is 0 Å². The summed E-state index contributed by atoms with van der Waals surface area (Å²) in [6.07, 6.45) is -0.745. The van der Waals surface area contributed by atoms with E-state index in [1.165, 1.54) is 0 Å². The van der Waals surface area contributed by atoms with Crippen molar-refractivity contribution in [2.24, 2.45) is 0 Å². The summed E-state index contributed by atoms with van der Waals surface area (Å²) < 4.78 is 214. The molecule has 0 radical (unpaired) electrons. The highest BCUT2D eigenvalue weighted by Gasteiger charge is 2.13. The topological polar surface area (TPSA) is 38.9 Å². The first-order chi connectivity index (χ1) is 30.3. The highest BCUT2D eigenvalue weighted by atomic mass is 16.3. The highest BCUT2D eigenvalue weighted by molar-refractivity contribution is 6.07. The van der Waals surface area contributed by atoms with Crippen molar-refractivity contribution in [1.82, 2.24) is 9.97 Å². The van der Waals surface area contributed by atoms with Crippen LogP contribution in [0.2, 0.25) is 0 Å². The largest absolute Gasteiger partial charge is 0.456 e. The Morgan fingerprint density at radius 1 is 0.488 bits per heavy atom. The summed E-state index contributed by atoms with van der Waals surface area (Å²) in [4.78, 5) is 8.41. The summed E-state index contributed by atoms with van der Waals surface area (Å²) in [5, 5.41) is -2.20. The van der Waals surface area contributed by atoms with E-state index < -0.39 is 223 Å². The summed E-state index contributed by atoms with van der Waals surface area (Å²) in [5.74, 6) is -1.57. The number of pyridine rings is 2. The number of hydrogen-bond acceptors (Lipinski definition) is 3. The van der Waals surface area contributed by atoms with Crippen molar-refractivity contribution in [2.45, 2.75) is 0 Å². The first kappa shape index (κ1) is 9.53. The summed E-state index contributed by atoms with van der Waals surface area (Å²) in [6.45, 7) is 0. The molecule has 0 aliphatic heterocycles. The molecule has 5 aromatic carbocycles. The van der Waals surface area contributed by atoms with Crippen molar-refractivity contribution >= 4 is 32.6 Å². The van der Waals surface area contributed by atoms with Crippen LogP contribution in [0.15, 0.2) is 150 Å². The van der Waals surface area contributed by atoms with Crippen LogP contribution in [0.4, 0.5) is 0 Å². The van der Waals surface area contributed by atoms with Crippen molar-refractivity contribution < 1.29 is 37.3 Å². The minimum absolute atomic E-state index is 0.412. The molecule has 8 rings (SSSR count). The van der Waals surface area contributed by atoms with Crippen LogP contribution in [0.1, 0.15) is 32.9 Å². The van der Waals surface area contributed by atoms with Crippen LogP contribution in [0.3, 0.4) is 0 Å². The van der Waals surface area contributed by atoms with Crippen molar-refractivity contribution in [1.29, 1.82) is 0 Å². The summed E-state index contributed by atoms with van der Waals surface area (Å²) in [5.41, 5.74) is -5.24. The van der Waals surface area contributed by atoms with E-state index >= 15 is 0 Å². The van der Waals surface area contributed by atoms with Gasteiger partial charge in [-0.05, 0) is 52.1 Å². The van der Waals surface area contributed by atoms with Crippen molar-refractivity contribution in [3.8, 4) is 45.0 Å². The van der Waals surface area contributed by atoms with E-state index in [-0.39, 0.29) is 0 Å². The van der Waals surface area contributed by atoms with Crippen molar-refractivity contribution in [2.75, 3.05) is 0 Å². The Bertz CT molecular complexity index is 3520. The van der Waals surface area contributed by atoms with E-state index in [1.54, 1.807) is 0 Å². The zero-order valence-electron chi connectivity index (χ0n) is 44.3. The molecular formula is C38H24N2O. The second-order valence-corrected chi connectivity index (χ2v) is 8.39. The molecule has 3 heterocycles. The van der Waals surface area contributed by atoms with Gasteiger partial charge in [-0.1, -0.05) is 109 Å². The van der Waals surface area contributed by atoms with E-state index in [1.807, 2.05) is 0 Å².